The molecular formula is C25H34N2O4. The first kappa shape index (κ1) is 23.1. The van der Waals surface area contributed by atoms with Crippen LogP contribution in [0.15, 0.2) is 42.5 Å². The molecule has 168 valence electrons. The smallest absolute Gasteiger partial charge is 0.170 e. The van der Waals surface area contributed by atoms with Gasteiger partial charge in [0.05, 0.1) is 19.8 Å². The molecule has 1 aliphatic rings. The number of hydrogen-bond donors (Lipinski definition) is 0. The summed E-state index contributed by atoms with van der Waals surface area (Å²) in [6.45, 7) is 4.17. The van der Waals surface area contributed by atoms with Gasteiger partial charge in [-0.05, 0) is 63.3 Å². The average molecular weight is 427 g/mol. The molecule has 0 aliphatic carbocycles. The van der Waals surface area contributed by atoms with Gasteiger partial charge >= 0.3 is 0 Å². The number of likely N-dealkylation sites (tertiary alicyclic amines) is 1. The number of methoxy groups -OCH3 is 2. The Morgan fingerprint density at radius 2 is 1.81 bits per heavy atom. The van der Waals surface area contributed by atoms with E-state index in [4.69, 9.17) is 14.2 Å². The zero-order chi connectivity index (χ0) is 22.2. The molecule has 0 unspecified atom stereocenters. The molecule has 1 atom stereocenters. The van der Waals surface area contributed by atoms with Crippen molar-refractivity contribution in [2.45, 2.75) is 19.4 Å². The van der Waals surface area contributed by atoms with E-state index < -0.39 is 0 Å². The van der Waals surface area contributed by atoms with Crippen molar-refractivity contribution in [3.05, 3.63) is 53.6 Å². The molecule has 1 fully saturated rings. The van der Waals surface area contributed by atoms with Crippen LogP contribution in [-0.2, 0) is 6.54 Å². The first-order valence-corrected chi connectivity index (χ1v) is 10.8. The van der Waals surface area contributed by atoms with Crippen LogP contribution < -0.4 is 14.2 Å². The van der Waals surface area contributed by atoms with Gasteiger partial charge in [-0.1, -0.05) is 12.1 Å². The molecular weight excluding hydrogens is 392 g/mol. The second-order valence-electron chi connectivity index (χ2n) is 8.30. The molecule has 0 radical (unpaired) electrons. The number of hydrogen-bond acceptors (Lipinski definition) is 6. The Labute approximate surface area is 185 Å². The van der Waals surface area contributed by atoms with E-state index in [2.05, 4.69) is 21.9 Å². The number of ketones is 1. The lowest BCUT2D eigenvalue weighted by Gasteiger charge is -2.32. The van der Waals surface area contributed by atoms with Crippen LogP contribution in [0.1, 0.15) is 28.8 Å². The highest BCUT2D eigenvalue weighted by Crippen LogP contribution is 2.30. The predicted molar refractivity (Wildman–Crippen MR) is 122 cm³/mol. The van der Waals surface area contributed by atoms with E-state index in [-0.39, 0.29) is 11.7 Å². The number of ether oxygens (including phenoxy) is 3. The summed E-state index contributed by atoms with van der Waals surface area (Å²) in [5, 5.41) is 0. The Bertz CT molecular complexity index is 851. The molecule has 2 aromatic carbocycles. The van der Waals surface area contributed by atoms with Crippen molar-refractivity contribution in [2.75, 3.05) is 54.6 Å². The number of rotatable bonds is 10. The van der Waals surface area contributed by atoms with Gasteiger partial charge in [0, 0.05) is 31.6 Å². The first-order chi connectivity index (χ1) is 15.0. The highest BCUT2D eigenvalue weighted by Gasteiger charge is 2.28. The van der Waals surface area contributed by atoms with E-state index in [1.165, 1.54) is 5.56 Å². The van der Waals surface area contributed by atoms with Gasteiger partial charge in [0.2, 0.25) is 0 Å². The molecule has 6 nitrogen and oxygen atoms in total. The van der Waals surface area contributed by atoms with Crippen LogP contribution >= 0.6 is 0 Å². The molecule has 1 aliphatic heterocycles. The molecule has 1 saturated heterocycles. The summed E-state index contributed by atoms with van der Waals surface area (Å²) >= 11 is 0. The fourth-order valence-corrected chi connectivity index (χ4v) is 3.93. The quantitative estimate of drug-likeness (QED) is 0.540. The summed E-state index contributed by atoms with van der Waals surface area (Å²) in [6, 6.07) is 13.7. The summed E-state index contributed by atoms with van der Waals surface area (Å²) in [4.78, 5) is 17.7. The number of Topliss-reactive ketones (excluding diaryl/α,β-unsaturated/α-hetero) is 1. The summed E-state index contributed by atoms with van der Waals surface area (Å²) < 4.78 is 16.5. The minimum absolute atomic E-state index is 0.0234. The van der Waals surface area contributed by atoms with Crippen LogP contribution in [0.3, 0.4) is 0 Å². The first-order valence-electron chi connectivity index (χ1n) is 10.8. The highest BCUT2D eigenvalue weighted by atomic mass is 16.5. The molecule has 3 rings (SSSR count). The highest BCUT2D eigenvalue weighted by molar-refractivity contribution is 6.00. The van der Waals surface area contributed by atoms with Crippen LogP contribution in [0, 0.1) is 5.92 Å². The van der Waals surface area contributed by atoms with Crippen molar-refractivity contribution in [3.8, 4) is 17.2 Å². The summed E-state index contributed by atoms with van der Waals surface area (Å²) in [6.07, 6.45) is 1.92. The van der Waals surface area contributed by atoms with Gasteiger partial charge in [-0.25, -0.2) is 0 Å². The fourth-order valence-electron chi connectivity index (χ4n) is 3.93. The number of carbonyl (C=O) groups excluding carboxylic acids is 1. The van der Waals surface area contributed by atoms with Crippen molar-refractivity contribution in [1.82, 2.24) is 9.80 Å². The van der Waals surface area contributed by atoms with Crippen molar-refractivity contribution in [2.24, 2.45) is 5.92 Å². The molecule has 6 heteroatoms. The number of benzene rings is 2. The SMILES string of the molecule is COc1ccc(C(=O)[C@H]2CCCN(Cc3ccc(OCCN(C)C)cc3)C2)c(OC)c1. The lowest BCUT2D eigenvalue weighted by Crippen LogP contribution is -2.38. The zero-order valence-electron chi connectivity index (χ0n) is 19.1. The monoisotopic (exact) mass is 426 g/mol. The van der Waals surface area contributed by atoms with E-state index in [1.54, 1.807) is 20.3 Å². The van der Waals surface area contributed by atoms with E-state index in [0.717, 1.165) is 44.8 Å². The third-order valence-electron chi connectivity index (χ3n) is 5.69. The summed E-state index contributed by atoms with van der Waals surface area (Å²) in [7, 11) is 7.27. The maximum Gasteiger partial charge on any atom is 0.170 e. The Kier molecular flexibility index (Phi) is 8.32. The van der Waals surface area contributed by atoms with E-state index in [0.29, 0.717) is 23.7 Å². The van der Waals surface area contributed by atoms with Gasteiger partial charge in [0.1, 0.15) is 23.9 Å². The molecule has 0 aromatic heterocycles. The van der Waals surface area contributed by atoms with Gasteiger partial charge in [-0.2, -0.15) is 0 Å². The average Bonchev–Trinajstić information content (AvgIpc) is 2.79. The predicted octanol–water partition coefficient (Wildman–Crippen LogP) is 3.74. The topological polar surface area (TPSA) is 51.2 Å². The Hall–Kier alpha value is -2.57. The van der Waals surface area contributed by atoms with Gasteiger partial charge in [-0.15, -0.1) is 0 Å². The molecule has 1 heterocycles. The van der Waals surface area contributed by atoms with Crippen molar-refractivity contribution in [3.63, 3.8) is 0 Å². The molecule has 0 bridgehead atoms. The van der Waals surface area contributed by atoms with E-state index >= 15 is 0 Å². The lowest BCUT2D eigenvalue weighted by atomic mass is 9.89. The normalized spacial score (nSPS) is 16.9. The number of piperidine rings is 1. The molecule has 0 spiro atoms. The van der Waals surface area contributed by atoms with Crippen LogP contribution in [0.25, 0.3) is 0 Å². The van der Waals surface area contributed by atoms with Gasteiger partial charge in [0.25, 0.3) is 0 Å². The molecule has 0 amide bonds. The third kappa shape index (κ3) is 6.45. The van der Waals surface area contributed by atoms with Crippen LogP contribution in [0.2, 0.25) is 0 Å². The zero-order valence-corrected chi connectivity index (χ0v) is 19.1. The van der Waals surface area contributed by atoms with Crippen molar-refractivity contribution < 1.29 is 19.0 Å². The maximum atomic E-state index is 13.2. The standard InChI is InChI=1S/C25H34N2O4/c1-26(2)14-15-31-21-9-7-19(8-10-21)17-27-13-5-6-20(18-27)25(28)23-12-11-22(29-3)16-24(23)30-4/h7-12,16,20H,5-6,13-15,17-18H2,1-4H3/t20-/m0/s1. The second-order valence-corrected chi connectivity index (χ2v) is 8.30. The number of likely N-dealkylation sites (N-methyl/N-ethyl adjacent to an activating group) is 1. The maximum absolute atomic E-state index is 13.2. The van der Waals surface area contributed by atoms with Crippen LogP contribution in [-0.4, -0.2) is 70.1 Å². The second kappa shape index (κ2) is 11.2. The van der Waals surface area contributed by atoms with E-state index in [1.807, 2.05) is 38.4 Å². The fraction of sp³-hybridized carbons (Fsp3) is 0.480. The summed E-state index contributed by atoms with van der Waals surface area (Å²) in [5.74, 6) is 2.28. The van der Waals surface area contributed by atoms with Gasteiger partial charge in [-0.3, -0.25) is 9.69 Å². The molecule has 2 aromatic rings. The molecule has 0 saturated carbocycles. The Morgan fingerprint density at radius 1 is 1.06 bits per heavy atom. The minimum Gasteiger partial charge on any atom is -0.497 e. The number of carbonyl (C=O) groups is 1. The van der Waals surface area contributed by atoms with Crippen LogP contribution in [0.5, 0.6) is 17.2 Å². The Balaban J connectivity index is 1.58. The van der Waals surface area contributed by atoms with Crippen molar-refractivity contribution >= 4 is 5.78 Å². The lowest BCUT2D eigenvalue weighted by molar-refractivity contribution is 0.0808. The van der Waals surface area contributed by atoms with Crippen molar-refractivity contribution in [1.29, 1.82) is 0 Å². The molecule has 31 heavy (non-hydrogen) atoms. The third-order valence-corrected chi connectivity index (χ3v) is 5.69. The van der Waals surface area contributed by atoms with Gasteiger partial charge in [0.15, 0.2) is 5.78 Å². The largest absolute Gasteiger partial charge is 0.497 e. The summed E-state index contributed by atoms with van der Waals surface area (Å²) in [5.41, 5.74) is 1.87. The Morgan fingerprint density at radius 3 is 2.48 bits per heavy atom. The van der Waals surface area contributed by atoms with E-state index in [9.17, 15) is 4.79 Å². The van der Waals surface area contributed by atoms with Gasteiger partial charge < -0.3 is 19.1 Å². The van der Waals surface area contributed by atoms with Crippen LogP contribution in [0.4, 0.5) is 0 Å². The number of nitrogens with zero attached hydrogens (tertiary/aromatic N) is 2. The molecule has 0 N–H and O–H groups in total. The minimum atomic E-state index is -0.0234.